The number of carbonyl (C=O) groups is 2. The molecule has 0 unspecified atom stereocenters. The summed E-state index contributed by atoms with van der Waals surface area (Å²) in [5.41, 5.74) is 0.521. The van der Waals surface area contributed by atoms with Crippen molar-refractivity contribution in [2.45, 2.75) is 69.2 Å². The summed E-state index contributed by atoms with van der Waals surface area (Å²) < 4.78 is 33.2. The number of ether oxygens (including phenoxy) is 1. The van der Waals surface area contributed by atoms with Crippen molar-refractivity contribution in [3.63, 3.8) is 0 Å². The molecule has 2 aliphatic heterocycles. The SMILES string of the molecule is C[C@H](NC(=O)CN1C(=O)COc2ccc(S(=O)(=O)N3CCCC3)cc21)C12CC3CC(CC(C3)C1)C2. The van der Waals surface area contributed by atoms with Crippen LogP contribution in [0.4, 0.5) is 5.69 Å². The summed E-state index contributed by atoms with van der Waals surface area (Å²) in [5, 5.41) is 3.23. The van der Waals surface area contributed by atoms with E-state index in [2.05, 4.69) is 12.2 Å². The number of benzene rings is 1. The number of hydrogen-bond acceptors (Lipinski definition) is 5. The predicted molar refractivity (Wildman–Crippen MR) is 130 cm³/mol. The summed E-state index contributed by atoms with van der Waals surface area (Å²) in [6.07, 6.45) is 9.32. The van der Waals surface area contributed by atoms with Gasteiger partial charge in [-0.3, -0.25) is 14.5 Å². The molecule has 0 radical (unpaired) electrons. The van der Waals surface area contributed by atoms with Gasteiger partial charge in [0.25, 0.3) is 5.91 Å². The molecule has 1 atom stereocenters. The second-order valence-corrected chi connectivity index (χ2v) is 13.5. The molecule has 190 valence electrons. The maximum Gasteiger partial charge on any atom is 0.265 e. The van der Waals surface area contributed by atoms with Gasteiger partial charge in [0.2, 0.25) is 15.9 Å². The van der Waals surface area contributed by atoms with E-state index in [1.165, 1.54) is 59.9 Å². The number of fused-ring (bicyclic) bond motifs is 1. The first-order chi connectivity index (χ1) is 16.7. The van der Waals surface area contributed by atoms with Crippen molar-refractivity contribution in [2.24, 2.45) is 23.2 Å². The van der Waals surface area contributed by atoms with Crippen LogP contribution in [0.2, 0.25) is 0 Å². The van der Waals surface area contributed by atoms with Crippen molar-refractivity contribution < 1.29 is 22.7 Å². The zero-order chi connectivity index (χ0) is 24.4. The zero-order valence-electron chi connectivity index (χ0n) is 20.4. The Morgan fingerprint density at radius 1 is 1.11 bits per heavy atom. The Morgan fingerprint density at radius 2 is 1.74 bits per heavy atom. The number of rotatable bonds is 6. The molecule has 1 saturated heterocycles. The molecule has 5 fully saturated rings. The van der Waals surface area contributed by atoms with Crippen molar-refractivity contribution in [3.05, 3.63) is 18.2 Å². The molecule has 4 saturated carbocycles. The van der Waals surface area contributed by atoms with Gasteiger partial charge in [-0.25, -0.2) is 8.42 Å². The van der Waals surface area contributed by atoms with Crippen LogP contribution >= 0.6 is 0 Å². The standard InChI is InChI=1S/C26H35N3O5S/c1-17(26-12-18-8-19(13-26)10-20(9-18)14-26)27-24(30)15-29-22-11-21(4-5-23(22)34-16-25(29)31)35(32,33)28-6-2-3-7-28/h4-5,11,17-20H,2-3,6-10,12-16H2,1H3,(H,27,30)/t17-,18?,19?,20?,26?/m0/s1. The fourth-order valence-corrected chi connectivity index (χ4v) is 9.42. The quantitative estimate of drug-likeness (QED) is 0.647. The Kier molecular flexibility index (Phi) is 5.64. The van der Waals surface area contributed by atoms with Crippen molar-refractivity contribution >= 4 is 27.5 Å². The van der Waals surface area contributed by atoms with E-state index in [0.29, 0.717) is 24.5 Å². The molecule has 8 nitrogen and oxygen atoms in total. The molecule has 6 aliphatic rings. The van der Waals surface area contributed by atoms with Crippen molar-refractivity contribution in [1.29, 1.82) is 0 Å². The van der Waals surface area contributed by atoms with Crippen molar-refractivity contribution in [1.82, 2.24) is 9.62 Å². The highest BCUT2D eigenvalue weighted by Crippen LogP contribution is 2.61. The first-order valence-electron chi connectivity index (χ1n) is 13.1. The third kappa shape index (κ3) is 4.04. The molecule has 7 rings (SSSR count). The highest BCUT2D eigenvalue weighted by atomic mass is 32.2. The van der Waals surface area contributed by atoms with E-state index in [9.17, 15) is 18.0 Å². The molecule has 4 bridgehead atoms. The molecule has 1 N–H and O–H groups in total. The van der Waals surface area contributed by atoms with E-state index in [1.54, 1.807) is 6.07 Å². The van der Waals surface area contributed by atoms with Crippen LogP contribution in [-0.2, 0) is 19.6 Å². The lowest BCUT2D eigenvalue weighted by Crippen LogP contribution is -2.57. The minimum absolute atomic E-state index is 0.0564. The van der Waals surface area contributed by atoms with Gasteiger partial charge in [-0.15, -0.1) is 0 Å². The lowest BCUT2D eigenvalue weighted by Gasteiger charge is -2.59. The van der Waals surface area contributed by atoms with E-state index in [4.69, 9.17) is 4.74 Å². The number of nitrogens with one attached hydrogen (secondary N) is 1. The van der Waals surface area contributed by atoms with E-state index in [0.717, 1.165) is 30.6 Å². The van der Waals surface area contributed by atoms with E-state index < -0.39 is 10.0 Å². The third-order valence-electron chi connectivity index (χ3n) is 9.26. The molecule has 0 aromatic heterocycles. The van der Waals surface area contributed by atoms with Gasteiger partial charge >= 0.3 is 0 Å². The van der Waals surface area contributed by atoms with Crippen molar-refractivity contribution in [3.8, 4) is 5.75 Å². The van der Waals surface area contributed by atoms with Gasteiger partial charge in [-0.05, 0) is 99.7 Å². The number of carbonyl (C=O) groups excluding carboxylic acids is 2. The van der Waals surface area contributed by atoms with Crippen LogP contribution in [-0.4, -0.2) is 56.8 Å². The van der Waals surface area contributed by atoms with E-state index >= 15 is 0 Å². The largest absolute Gasteiger partial charge is 0.482 e. The molecule has 2 heterocycles. The minimum atomic E-state index is -3.65. The summed E-state index contributed by atoms with van der Waals surface area (Å²) in [7, 11) is -3.65. The van der Waals surface area contributed by atoms with Gasteiger partial charge < -0.3 is 10.1 Å². The Hall–Kier alpha value is -2.13. The van der Waals surface area contributed by atoms with Crippen LogP contribution in [0.3, 0.4) is 0 Å². The van der Waals surface area contributed by atoms with Gasteiger partial charge in [0.15, 0.2) is 6.61 Å². The lowest BCUT2D eigenvalue weighted by molar-refractivity contribution is -0.127. The van der Waals surface area contributed by atoms with Crippen LogP contribution in [0.25, 0.3) is 0 Å². The summed E-state index contributed by atoms with van der Waals surface area (Å²) in [4.78, 5) is 27.5. The number of anilines is 1. The average Bonchev–Trinajstić information content (AvgIpc) is 3.36. The third-order valence-corrected chi connectivity index (χ3v) is 11.2. The molecule has 0 spiro atoms. The Bertz CT molecular complexity index is 1110. The Morgan fingerprint density at radius 3 is 2.37 bits per heavy atom. The summed E-state index contributed by atoms with van der Waals surface area (Å²) in [5.74, 6) is 2.26. The van der Waals surface area contributed by atoms with Crippen molar-refractivity contribution in [2.75, 3.05) is 31.1 Å². The second-order valence-electron chi connectivity index (χ2n) is 11.6. The smallest absolute Gasteiger partial charge is 0.265 e. The van der Waals surface area contributed by atoms with Crippen LogP contribution in [0, 0.1) is 23.2 Å². The Balaban J connectivity index is 1.20. The fourth-order valence-electron chi connectivity index (χ4n) is 7.89. The highest BCUT2D eigenvalue weighted by molar-refractivity contribution is 7.89. The number of nitrogens with zero attached hydrogens (tertiary/aromatic N) is 2. The predicted octanol–water partition coefficient (Wildman–Crippen LogP) is 2.92. The first kappa shape index (κ1) is 23.3. The van der Waals surface area contributed by atoms with E-state index in [1.807, 2.05) is 0 Å². The molecule has 1 aromatic carbocycles. The second kappa shape index (κ2) is 8.47. The number of amides is 2. The van der Waals surface area contributed by atoms with E-state index in [-0.39, 0.29) is 41.3 Å². The number of sulfonamides is 1. The molecule has 1 aromatic rings. The molecule has 4 aliphatic carbocycles. The van der Waals surface area contributed by atoms with Gasteiger partial charge in [0.05, 0.1) is 10.6 Å². The van der Waals surface area contributed by atoms with Gasteiger partial charge in [0.1, 0.15) is 12.3 Å². The first-order valence-corrected chi connectivity index (χ1v) is 14.5. The summed E-state index contributed by atoms with van der Waals surface area (Å²) >= 11 is 0. The van der Waals surface area contributed by atoms with Crippen LogP contribution in [0.1, 0.15) is 58.3 Å². The molecule has 9 heteroatoms. The minimum Gasteiger partial charge on any atom is -0.482 e. The van der Waals surface area contributed by atoms with Gasteiger partial charge in [-0.2, -0.15) is 4.31 Å². The topological polar surface area (TPSA) is 96.0 Å². The molecule has 35 heavy (non-hydrogen) atoms. The maximum atomic E-state index is 13.2. The monoisotopic (exact) mass is 501 g/mol. The Labute approximate surface area is 207 Å². The zero-order valence-corrected chi connectivity index (χ0v) is 21.2. The molecular formula is C26H35N3O5S. The summed E-state index contributed by atoms with van der Waals surface area (Å²) in [6.45, 7) is 2.83. The lowest BCUT2D eigenvalue weighted by atomic mass is 9.48. The fraction of sp³-hybridized carbons (Fsp3) is 0.692. The number of hydrogen-bond donors (Lipinski definition) is 1. The van der Waals surface area contributed by atoms with Crippen LogP contribution < -0.4 is 15.0 Å². The maximum absolute atomic E-state index is 13.2. The van der Waals surface area contributed by atoms with Crippen LogP contribution in [0.15, 0.2) is 23.1 Å². The average molecular weight is 502 g/mol. The summed E-state index contributed by atoms with van der Waals surface area (Å²) in [6, 6.07) is 4.65. The highest BCUT2D eigenvalue weighted by Gasteiger charge is 2.53. The van der Waals surface area contributed by atoms with Crippen LogP contribution in [0.5, 0.6) is 5.75 Å². The van der Waals surface area contributed by atoms with Gasteiger partial charge in [-0.1, -0.05) is 0 Å². The normalized spacial score (nSPS) is 32.9. The van der Waals surface area contributed by atoms with Gasteiger partial charge in [0, 0.05) is 19.1 Å². The molecular weight excluding hydrogens is 466 g/mol. The molecule has 2 amide bonds.